The van der Waals surface area contributed by atoms with E-state index in [4.69, 9.17) is 19.2 Å². The van der Waals surface area contributed by atoms with Crippen molar-refractivity contribution in [2.75, 3.05) is 46.1 Å². The Bertz CT molecular complexity index is 3430. The first kappa shape index (κ1) is 55.7. The molecule has 418 valence electrons. The number of cyclic esters (lactones) is 1. The third kappa shape index (κ3) is 11.9. The highest BCUT2D eigenvalue weighted by Crippen LogP contribution is 2.46. The van der Waals surface area contributed by atoms with Crippen LogP contribution in [0.25, 0.3) is 22.3 Å². The number of fused-ring (bicyclic) bond motifs is 5. The molecule has 8 amide bonds. The smallest absolute Gasteiger partial charge is 0.343 e. The number of aromatic amines is 1. The number of hydrogen-bond acceptors (Lipinski definition) is 16. The molecule has 9 rings (SSSR count). The average Bonchev–Trinajstić information content (AvgIpc) is 4.19. The van der Waals surface area contributed by atoms with Crippen LogP contribution in [0.15, 0.2) is 65.5 Å². The minimum Gasteiger partial charge on any atom is -0.458 e. The van der Waals surface area contributed by atoms with Crippen LogP contribution in [-0.4, -0.2) is 135 Å². The van der Waals surface area contributed by atoms with Crippen molar-refractivity contribution in [1.82, 2.24) is 56.5 Å². The Morgan fingerprint density at radius 2 is 1.61 bits per heavy atom. The van der Waals surface area contributed by atoms with Crippen molar-refractivity contribution in [2.24, 2.45) is 0 Å². The molecule has 0 saturated carbocycles. The maximum Gasteiger partial charge on any atom is 0.343 e. The summed E-state index contributed by atoms with van der Waals surface area (Å²) >= 11 is 0. The molecule has 25 nitrogen and oxygen atoms in total. The van der Waals surface area contributed by atoms with Gasteiger partial charge in [-0.15, -0.1) is 0 Å². The van der Waals surface area contributed by atoms with Gasteiger partial charge in [0.2, 0.25) is 29.5 Å². The number of amides is 8. The van der Waals surface area contributed by atoms with Crippen molar-refractivity contribution in [3.63, 3.8) is 0 Å². The number of rotatable bonds is 23. The van der Waals surface area contributed by atoms with E-state index in [2.05, 4.69) is 42.1 Å². The van der Waals surface area contributed by atoms with Gasteiger partial charge in [-0.3, -0.25) is 53.1 Å². The Kier molecular flexibility index (Phi) is 16.7. The predicted molar refractivity (Wildman–Crippen MR) is 277 cm³/mol. The second kappa shape index (κ2) is 23.9. The first-order valence-corrected chi connectivity index (χ1v) is 25.7. The summed E-state index contributed by atoms with van der Waals surface area (Å²) in [6.45, 7) is 1.13. The molecule has 0 fully saturated rings. The maximum absolute atomic E-state index is 15.4. The second-order valence-electron chi connectivity index (χ2n) is 19.4. The van der Waals surface area contributed by atoms with Gasteiger partial charge in [0.05, 0.1) is 86.7 Å². The van der Waals surface area contributed by atoms with Gasteiger partial charge in [0.15, 0.2) is 5.60 Å². The van der Waals surface area contributed by atoms with Crippen molar-refractivity contribution in [2.45, 2.75) is 83.4 Å². The van der Waals surface area contributed by atoms with Gasteiger partial charge in [0.1, 0.15) is 30.9 Å². The topological polar surface area (TPSA) is 341 Å². The van der Waals surface area contributed by atoms with Gasteiger partial charge in [-0.05, 0) is 60.6 Å². The van der Waals surface area contributed by atoms with Crippen LogP contribution in [0.1, 0.15) is 87.4 Å². The van der Waals surface area contributed by atoms with Gasteiger partial charge >= 0.3 is 5.97 Å². The Labute approximate surface area is 454 Å². The molecule has 5 aromatic rings. The summed E-state index contributed by atoms with van der Waals surface area (Å²) in [6, 6.07) is 11.3. The highest BCUT2D eigenvalue weighted by Gasteiger charge is 2.46. The summed E-state index contributed by atoms with van der Waals surface area (Å²) in [5.74, 6) is -6.05. The van der Waals surface area contributed by atoms with Crippen LogP contribution in [0.3, 0.4) is 0 Å². The zero-order chi connectivity index (χ0) is 56.8. The van der Waals surface area contributed by atoms with Crippen molar-refractivity contribution < 1.29 is 66.9 Å². The Morgan fingerprint density at radius 3 is 2.38 bits per heavy atom. The van der Waals surface area contributed by atoms with E-state index >= 15 is 4.39 Å². The molecular weight excluding hydrogens is 1050 g/mol. The number of aromatic nitrogens is 4. The number of nitrogens with zero attached hydrogens (tertiary/aromatic N) is 4. The van der Waals surface area contributed by atoms with Gasteiger partial charge in [-0.2, -0.15) is 5.10 Å². The first-order chi connectivity index (χ1) is 38.4. The van der Waals surface area contributed by atoms with Crippen molar-refractivity contribution in [3.8, 4) is 11.4 Å². The molecule has 1 aliphatic carbocycles. The fraction of sp³-hybridized carbons (Fsp3) is 0.370. The van der Waals surface area contributed by atoms with Crippen LogP contribution in [0.2, 0.25) is 0 Å². The molecule has 4 aliphatic rings. The normalized spacial score (nSPS) is 17.0. The van der Waals surface area contributed by atoms with E-state index in [1.165, 1.54) is 16.7 Å². The highest BCUT2D eigenvalue weighted by atomic mass is 19.1. The molecule has 2 aromatic carbocycles. The SMILES string of the molecule is CC[C@@]1(O)C(=O)OCc2c1cc1n(c2=O)Cc2c-1nc1cc(F)c(C)c3c1c2[C@@H](NC(=O)c1cc(COCNC(=O)CNC(=O)[C@H](Cc2ccccc2)NC(=O)CNC(=O)CNC(=O)CCOCCN2C(=O)C=CC2=O)[nH]n1)CC3. The molecule has 8 N–H and O–H groups in total. The van der Waals surface area contributed by atoms with Crippen molar-refractivity contribution in [1.29, 1.82) is 0 Å². The third-order valence-electron chi connectivity index (χ3n) is 14.3. The molecule has 0 spiro atoms. The summed E-state index contributed by atoms with van der Waals surface area (Å²) in [5.41, 5.74) is 2.33. The molecule has 6 heterocycles. The Morgan fingerprint density at radius 1 is 0.887 bits per heavy atom. The molecule has 0 unspecified atom stereocenters. The minimum absolute atomic E-state index is 0.0147. The number of imide groups is 1. The lowest BCUT2D eigenvalue weighted by atomic mass is 9.81. The molecule has 3 aliphatic heterocycles. The van der Waals surface area contributed by atoms with E-state index in [0.29, 0.717) is 63.1 Å². The average molecular weight is 1100 g/mol. The highest BCUT2D eigenvalue weighted by molar-refractivity contribution is 6.12. The van der Waals surface area contributed by atoms with E-state index < -0.39 is 102 Å². The van der Waals surface area contributed by atoms with Gasteiger partial charge < -0.3 is 55.8 Å². The number of pyridine rings is 2. The number of aliphatic hydroxyl groups is 1. The first-order valence-electron chi connectivity index (χ1n) is 25.7. The van der Waals surface area contributed by atoms with Crippen LogP contribution < -0.4 is 37.5 Å². The monoisotopic (exact) mass is 1100 g/mol. The van der Waals surface area contributed by atoms with Gasteiger partial charge in [0.25, 0.3) is 23.3 Å². The molecule has 80 heavy (non-hydrogen) atoms. The minimum atomic E-state index is -2.05. The number of hydrogen-bond donors (Lipinski definition) is 8. The number of ether oxygens (including phenoxy) is 3. The largest absolute Gasteiger partial charge is 0.458 e. The predicted octanol–water partition coefficient (Wildman–Crippen LogP) is -0.334. The van der Waals surface area contributed by atoms with Crippen molar-refractivity contribution in [3.05, 3.63) is 127 Å². The Balaban J connectivity index is 0.740. The lowest BCUT2D eigenvalue weighted by molar-refractivity contribution is -0.172. The lowest BCUT2D eigenvalue weighted by Gasteiger charge is -2.31. The number of benzene rings is 2. The number of halogens is 1. The van der Waals surface area contributed by atoms with Crippen LogP contribution in [0.5, 0.6) is 0 Å². The number of carbonyl (C=O) groups excluding carboxylic acids is 9. The molecule has 3 atom stereocenters. The third-order valence-corrected chi connectivity index (χ3v) is 14.3. The molecule has 3 aromatic heterocycles. The van der Waals surface area contributed by atoms with Crippen LogP contribution in [0, 0.1) is 12.7 Å². The zero-order valence-corrected chi connectivity index (χ0v) is 43.5. The van der Waals surface area contributed by atoms with Gasteiger partial charge in [-0.1, -0.05) is 37.3 Å². The van der Waals surface area contributed by atoms with E-state index in [0.717, 1.165) is 22.6 Å². The standard InChI is InChI=1S/C54H56FN11O14/c1-3-54(77)34-19-40-49-32(24-66(40)52(75)33(34)26-80-53(54)76)48-36(10-9-31-28(2)35(55)20-37(61-49)47(31)48)62-51(74)39-18-30(63-64-39)25-79-27-59-43(69)22-58-50(73)38(17-29-7-5-4-6-8-29)60-44(70)23-57-42(68)21-56-41(67)13-15-78-16-14-65-45(71)11-12-46(65)72/h4-8,11-12,18-20,36,38,77H,3,9-10,13-17,21-27H2,1-2H3,(H,56,67)(H,57,68)(H,58,73)(H,59,69)(H,60,70)(H,62,74)(H,63,64)/t36-,38-,54-/m0/s1. The summed E-state index contributed by atoms with van der Waals surface area (Å²) in [4.78, 5) is 133. The van der Waals surface area contributed by atoms with Crippen LogP contribution in [0.4, 0.5) is 4.39 Å². The fourth-order valence-electron chi connectivity index (χ4n) is 10.0. The summed E-state index contributed by atoms with van der Waals surface area (Å²) in [7, 11) is 0. The summed E-state index contributed by atoms with van der Waals surface area (Å²) in [5, 5.41) is 34.4. The summed E-state index contributed by atoms with van der Waals surface area (Å²) in [6.07, 6.45) is 2.96. The number of nitrogens with one attached hydrogen (secondary N) is 7. The fourth-order valence-corrected chi connectivity index (χ4v) is 10.0. The quantitative estimate of drug-likeness (QED) is 0.0176. The molecule has 0 radical (unpaired) electrons. The molecule has 0 bridgehead atoms. The zero-order valence-electron chi connectivity index (χ0n) is 43.5. The molecule has 0 saturated heterocycles. The van der Waals surface area contributed by atoms with E-state index in [-0.39, 0.29) is 82.3 Å². The number of esters is 1. The van der Waals surface area contributed by atoms with E-state index in [1.54, 1.807) is 50.2 Å². The lowest BCUT2D eigenvalue weighted by Crippen LogP contribution is -2.52. The van der Waals surface area contributed by atoms with Gasteiger partial charge in [0, 0.05) is 47.6 Å². The second-order valence-corrected chi connectivity index (χ2v) is 19.4. The van der Waals surface area contributed by atoms with E-state index in [1.807, 2.05) is 0 Å². The molecular formula is C54H56FN11O14. The van der Waals surface area contributed by atoms with Crippen LogP contribution in [-0.2, 0) is 90.8 Å². The van der Waals surface area contributed by atoms with Gasteiger partial charge in [-0.25, -0.2) is 14.2 Å². The number of aryl methyl sites for hydroxylation is 1. The van der Waals surface area contributed by atoms with Crippen LogP contribution >= 0.6 is 0 Å². The Hall–Kier alpha value is -9.01. The maximum atomic E-state index is 15.4. The summed E-state index contributed by atoms with van der Waals surface area (Å²) < 4.78 is 33.0. The van der Waals surface area contributed by atoms with E-state index in [9.17, 15) is 53.1 Å². The number of carbonyl (C=O) groups is 9. The number of H-pyrrole nitrogens is 1. The molecule has 26 heteroatoms. The van der Waals surface area contributed by atoms with Crippen molar-refractivity contribution >= 4 is 64.1 Å².